The van der Waals surface area contributed by atoms with Crippen molar-refractivity contribution in [2.24, 2.45) is 0 Å². The van der Waals surface area contributed by atoms with Gasteiger partial charge in [-0.05, 0) is 18.2 Å². The van der Waals surface area contributed by atoms with Crippen LogP contribution in [0.4, 0.5) is 0 Å². The Labute approximate surface area is 126 Å². The summed E-state index contributed by atoms with van der Waals surface area (Å²) >= 11 is 0. The Morgan fingerprint density at radius 1 is 1.18 bits per heavy atom. The van der Waals surface area contributed by atoms with Gasteiger partial charge in [-0.3, -0.25) is 0 Å². The predicted molar refractivity (Wildman–Crippen MR) is 76.7 cm³/mol. The van der Waals surface area contributed by atoms with Crippen LogP contribution < -0.4 is 9.47 Å². The molecule has 0 aliphatic rings. The van der Waals surface area contributed by atoms with Crippen molar-refractivity contribution in [1.82, 2.24) is 25.1 Å². The van der Waals surface area contributed by atoms with E-state index in [9.17, 15) is 0 Å². The summed E-state index contributed by atoms with van der Waals surface area (Å²) < 4.78 is 17.1. The second-order valence-corrected chi connectivity index (χ2v) is 4.60. The minimum absolute atomic E-state index is 0.400. The SMILES string of the molecule is COc1ccc(-c2cn(Cc3noc(C)n3)nn2)cc1OC. The molecule has 0 bridgehead atoms. The Morgan fingerprint density at radius 3 is 2.68 bits per heavy atom. The highest BCUT2D eigenvalue weighted by molar-refractivity contribution is 5.63. The third kappa shape index (κ3) is 2.76. The number of hydrogen-bond acceptors (Lipinski definition) is 7. The van der Waals surface area contributed by atoms with E-state index in [-0.39, 0.29) is 0 Å². The number of benzene rings is 1. The Bertz CT molecular complexity index is 780. The van der Waals surface area contributed by atoms with E-state index in [0.717, 1.165) is 11.3 Å². The number of rotatable bonds is 5. The van der Waals surface area contributed by atoms with Crippen molar-refractivity contribution >= 4 is 0 Å². The van der Waals surface area contributed by atoms with Crippen molar-refractivity contribution in [3.8, 4) is 22.8 Å². The second kappa shape index (κ2) is 5.84. The van der Waals surface area contributed by atoms with E-state index in [0.29, 0.717) is 29.8 Å². The van der Waals surface area contributed by atoms with Gasteiger partial charge in [0.25, 0.3) is 0 Å². The van der Waals surface area contributed by atoms with Crippen LogP contribution in [-0.4, -0.2) is 39.4 Å². The molecule has 0 amide bonds. The molecule has 2 aromatic heterocycles. The number of nitrogens with zero attached hydrogens (tertiary/aromatic N) is 5. The fourth-order valence-corrected chi connectivity index (χ4v) is 2.05. The lowest BCUT2D eigenvalue weighted by atomic mass is 10.1. The molecule has 0 saturated carbocycles. The number of methoxy groups -OCH3 is 2. The van der Waals surface area contributed by atoms with E-state index < -0.39 is 0 Å². The maximum atomic E-state index is 5.29. The van der Waals surface area contributed by atoms with E-state index in [4.69, 9.17) is 14.0 Å². The van der Waals surface area contributed by atoms with E-state index in [1.165, 1.54) is 0 Å². The van der Waals surface area contributed by atoms with Crippen molar-refractivity contribution in [3.63, 3.8) is 0 Å². The van der Waals surface area contributed by atoms with E-state index >= 15 is 0 Å². The van der Waals surface area contributed by atoms with Crippen LogP contribution in [0.3, 0.4) is 0 Å². The quantitative estimate of drug-likeness (QED) is 0.708. The largest absolute Gasteiger partial charge is 0.493 e. The molecule has 0 unspecified atom stereocenters. The Balaban J connectivity index is 1.84. The first-order valence-corrected chi connectivity index (χ1v) is 6.61. The Morgan fingerprint density at radius 2 is 2.00 bits per heavy atom. The van der Waals surface area contributed by atoms with Gasteiger partial charge in [0.05, 0.1) is 20.4 Å². The highest BCUT2D eigenvalue weighted by Gasteiger charge is 2.10. The van der Waals surface area contributed by atoms with Crippen molar-refractivity contribution in [2.45, 2.75) is 13.5 Å². The lowest BCUT2D eigenvalue weighted by molar-refractivity contribution is 0.355. The van der Waals surface area contributed by atoms with E-state index in [1.807, 2.05) is 24.4 Å². The molecule has 1 aromatic carbocycles. The first-order chi connectivity index (χ1) is 10.7. The van der Waals surface area contributed by atoms with Crippen LogP contribution in [0.1, 0.15) is 11.7 Å². The van der Waals surface area contributed by atoms with Gasteiger partial charge in [-0.2, -0.15) is 4.98 Å². The Kier molecular flexibility index (Phi) is 3.73. The molecule has 0 atom stereocenters. The van der Waals surface area contributed by atoms with E-state index in [2.05, 4.69) is 20.5 Å². The normalized spacial score (nSPS) is 10.7. The predicted octanol–water partition coefficient (Wildman–Crippen LogP) is 1.70. The van der Waals surface area contributed by atoms with Crippen LogP contribution in [0.25, 0.3) is 11.3 Å². The van der Waals surface area contributed by atoms with Gasteiger partial charge in [-0.1, -0.05) is 10.4 Å². The smallest absolute Gasteiger partial charge is 0.223 e. The third-order valence-electron chi connectivity index (χ3n) is 3.09. The fourth-order valence-electron chi connectivity index (χ4n) is 2.05. The van der Waals surface area contributed by atoms with Crippen LogP contribution in [0.5, 0.6) is 11.5 Å². The number of ether oxygens (including phenoxy) is 2. The van der Waals surface area contributed by atoms with Gasteiger partial charge in [0, 0.05) is 12.5 Å². The first kappa shape index (κ1) is 14.1. The first-order valence-electron chi connectivity index (χ1n) is 6.61. The van der Waals surface area contributed by atoms with Gasteiger partial charge in [-0.15, -0.1) is 5.10 Å². The molecular weight excluding hydrogens is 286 g/mol. The van der Waals surface area contributed by atoms with Gasteiger partial charge in [0.1, 0.15) is 12.2 Å². The molecule has 0 spiro atoms. The number of hydrogen-bond donors (Lipinski definition) is 0. The molecule has 0 aliphatic heterocycles. The second-order valence-electron chi connectivity index (χ2n) is 4.60. The maximum Gasteiger partial charge on any atom is 0.223 e. The lowest BCUT2D eigenvalue weighted by Gasteiger charge is -2.07. The summed E-state index contributed by atoms with van der Waals surface area (Å²) in [6.07, 6.45) is 1.81. The molecule has 2 heterocycles. The van der Waals surface area contributed by atoms with Gasteiger partial charge in [0.2, 0.25) is 5.89 Å². The van der Waals surface area contributed by atoms with Gasteiger partial charge in [-0.25, -0.2) is 4.68 Å². The van der Waals surface area contributed by atoms with Gasteiger partial charge in [0.15, 0.2) is 17.3 Å². The number of aryl methyl sites for hydroxylation is 1. The average molecular weight is 301 g/mol. The summed E-state index contributed by atoms with van der Waals surface area (Å²) in [7, 11) is 3.19. The topological polar surface area (TPSA) is 88.1 Å². The van der Waals surface area contributed by atoms with E-state index in [1.54, 1.807) is 25.8 Å². The maximum absolute atomic E-state index is 5.29. The average Bonchev–Trinajstić information content (AvgIpc) is 3.16. The van der Waals surface area contributed by atoms with Crippen molar-refractivity contribution in [1.29, 1.82) is 0 Å². The molecule has 0 saturated heterocycles. The molecule has 22 heavy (non-hydrogen) atoms. The van der Waals surface area contributed by atoms with Crippen LogP contribution in [0, 0.1) is 6.92 Å². The zero-order chi connectivity index (χ0) is 15.5. The number of aromatic nitrogens is 5. The van der Waals surface area contributed by atoms with Crippen molar-refractivity contribution < 1.29 is 14.0 Å². The molecule has 8 heteroatoms. The highest BCUT2D eigenvalue weighted by Crippen LogP contribution is 2.31. The standard InChI is InChI=1S/C14H15N5O3/c1-9-15-14(17-22-9)8-19-7-11(16-18-19)10-4-5-12(20-2)13(6-10)21-3/h4-7H,8H2,1-3H3. The molecule has 0 aliphatic carbocycles. The minimum atomic E-state index is 0.400. The summed E-state index contributed by atoms with van der Waals surface area (Å²) in [6.45, 7) is 2.14. The molecular formula is C14H15N5O3. The summed E-state index contributed by atoms with van der Waals surface area (Å²) in [5, 5.41) is 12.1. The zero-order valence-electron chi connectivity index (χ0n) is 12.5. The molecule has 0 radical (unpaired) electrons. The van der Waals surface area contributed by atoms with Crippen molar-refractivity contribution in [3.05, 3.63) is 36.1 Å². The molecule has 114 valence electrons. The highest BCUT2D eigenvalue weighted by atomic mass is 16.5. The summed E-state index contributed by atoms with van der Waals surface area (Å²) in [5.41, 5.74) is 1.61. The zero-order valence-corrected chi connectivity index (χ0v) is 12.5. The van der Waals surface area contributed by atoms with Crippen LogP contribution in [-0.2, 0) is 6.54 Å². The minimum Gasteiger partial charge on any atom is -0.493 e. The van der Waals surface area contributed by atoms with Gasteiger partial charge < -0.3 is 14.0 Å². The van der Waals surface area contributed by atoms with Crippen molar-refractivity contribution in [2.75, 3.05) is 14.2 Å². The van der Waals surface area contributed by atoms with Crippen LogP contribution in [0.2, 0.25) is 0 Å². The monoisotopic (exact) mass is 301 g/mol. The summed E-state index contributed by atoms with van der Waals surface area (Å²) in [5.74, 6) is 2.39. The molecule has 3 rings (SSSR count). The molecule has 3 aromatic rings. The van der Waals surface area contributed by atoms with Gasteiger partial charge >= 0.3 is 0 Å². The summed E-state index contributed by atoms with van der Waals surface area (Å²) in [4.78, 5) is 4.14. The van der Waals surface area contributed by atoms with Crippen LogP contribution in [0.15, 0.2) is 28.9 Å². The summed E-state index contributed by atoms with van der Waals surface area (Å²) in [6, 6.07) is 5.58. The molecule has 8 nitrogen and oxygen atoms in total. The molecule has 0 fully saturated rings. The fraction of sp³-hybridized carbons (Fsp3) is 0.286. The molecule has 0 N–H and O–H groups in total. The van der Waals surface area contributed by atoms with Crippen LogP contribution >= 0.6 is 0 Å². The third-order valence-corrected chi connectivity index (χ3v) is 3.09. The Hall–Kier alpha value is -2.90. The lowest BCUT2D eigenvalue weighted by Crippen LogP contribution is -2.02.